The Morgan fingerprint density at radius 1 is 1.03 bits per heavy atom. The lowest BCUT2D eigenvalue weighted by atomic mass is 9.93. The average molecular weight is 436 g/mol. The minimum atomic E-state index is -0.701. The second kappa shape index (κ2) is 8.92. The van der Waals surface area contributed by atoms with Crippen LogP contribution in [0.15, 0.2) is 72.3 Å². The van der Waals surface area contributed by atoms with Gasteiger partial charge in [-0.2, -0.15) is 0 Å². The zero-order valence-corrected chi connectivity index (χ0v) is 17.8. The van der Waals surface area contributed by atoms with Crippen molar-refractivity contribution in [3.63, 3.8) is 0 Å². The number of aliphatic hydroxyl groups excluding tert-OH is 1. The molecule has 1 aliphatic rings. The SMILES string of the molecule is COCCCN1C(=O)C(=O)/C(=C(\O)c2cccc3ccccc23)C1c1ccc(Cl)cc1. The molecule has 0 bridgehead atoms. The first kappa shape index (κ1) is 21.1. The summed E-state index contributed by atoms with van der Waals surface area (Å²) in [5.41, 5.74) is 1.32. The Hall–Kier alpha value is -3.15. The molecule has 0 spiro atoms. The van der Waals surface area contributed by atoms with Crippen LogP contribution in [-0.4, -0.2) is 42.0 Å². The first-order valence-electron chi connectivity index (χ1n) is 10.0. The van der Waals surface area contributed by atoms with Crippen LogP contribution < -0.4 is 0 Å². The Labute approximate surface area is 185 Å². The largest absolute Gasteiger partial charge is 0.507 e. The van der Waals surface area contributed by atoms with Crippen LogP contribution in [0, 0.1) is 0 Å². The quantitative estimate of drug-likeness (QED) is 0.257. The van der Waals surface area contributed by atoms with E-state index in [-0.39, 0.29) is 11.3 Å². The number of Topliss-reactive ketones (excluding diaryl/α,β-unsaturated/α-hetero) is 1. The van der Waals surface area contributed by atoms with Gasteiger partial charge in [0, 0.05) is 30.8 Å². The van der Waals surface area contributed by atoms with Crippen molar-refractivity contribution in [3.05, 3.63) is 88.5 Å². The van der Waals surface area contributed by atoms with Crippen molar-refractivity contribution in [2.45, 2.75) is 12.5 Å². The standard InChI is InChI=1S/C25H22ClNO4/c1-31-15-5-14-27-22(17-10-12-18(26)13-11-17)21(24(29)25(27)30)23(28)20-9-4-7-16-6-2-3-8-19(16)20/h2-4,6-13,22,28H,5,14-15H2,1H3/b23-21-. The van der Waals surface area contributed by atoms with E-state index in [4.69, 9.17) is 16.3 Å². The van der Waals surface area contributed by atoms with Crippen LogP contribution >= 0.6 is 11.6 Å². The van der Waals surface area contributed by atoms with Crippen LogP contribution in [0.2, 0.25) is 5.02 Å². The summed E-state index contributed by atoms with van der Waals surface area (Å²) in [6.07, 6.45) is 0.571. The van der Waals surface area contributed by atoms with Gasteiger partial charge in [-0.3, -0.25) is 9.59 Å². The lowest BCUT2D eigenvalue weighted by molar-refractivity contribution is -0.140. The highest BCUT2D eigenvalue weighted by molar-refractivity contribution is 6.46. The van der Waals surface area contributed by atoms with Gasteiger partial charge in [-0.25, -0.2) is 0 Å². The fourth-order valence-electron chi connectivity index (χ4n) is 4.06. The zero-order chi connectivity index (χ0) is 22.0. The van der Waals surface area contributed by atoms with E-state index in [2.05, 4.69) is 0 Å². The highest BCUT2D eigenvalue weighted by Crippen LogP contribution is 2.40. The number of ether oxygens (including phenoxy) is 1. The molecule has 3 aromatic carbocycles. The first-order valence-corrected chi connectivity index (χ1v) is 10.4. The minimum Gasteiger partial charge on any atom is -0.507 e. The van der Waals surface area contributed by atoms with E-state index in [1.807, 2.05) is 36.4 Å². The molecule has 1 N–H and O–H groups in total. The zero-order valence-electron chi connectivity index (χ0n) is 17.0. The molecular formula is C25H22ClNO4. The van der Waals surface area contributed by atoms with Gasteiger partial charge in [0.25, 0.3) is 11.7 Å². The van der Waals surface area contributed by atoms with Crippen LogP contribution in [-0.2, 0) is 14.3 Å². The van der Waals surface area contributed by atoms with Gasteiger partial charge < -0.3 is 14.7 Å². The molecule has 1 fully saturated rings. The normalized spacial score (nSPS) is 18.1. The number of halogens is 1. The molecule has 4 rings (SSSR count). The summed E-state index contributed by atoms with van der Waals surface area (Å²) in [6, 6.07) is 19.4. The average Bonchev–Trinajstić information content (AvgIpc) is 3.04. The van der Waals surface area contributed by atoms with Gasteiger partial charge in [-0.05, 0) is 34.9 Å². The Kier molecular flexibility index (Phi) is 6.07. The summed E-state index contributed by atoms with van der Waals surface area (Å²) in [6.45, 7) is 0.789. The first-order chi connectivity index (χ1) is 15.0. The van der Waals surface area contributed by atoms with Crippen LogP contribution in [0.4, 0.5) is 0 Å². The fraction of sp³-hybridized carbons (Fsp3) is 0.200. The Bertz CT molecular complexity index is 1160. The molecule has 0 aliphatic carbocycles. The number of hydrogen-bond acceptors (Lipinski definition) is 4. The molecule has 1 saturated heterocycles. The number of rotatable bonds is 6. The predicted octanol–water partition coefficient (Wildman–Crippen LogP) is 4.95. The van der Waals surface area contributed by atoms with Gasteiger partial charge in [0.2, 0.25) is 0 Å². The number of carbonyl (C=O) groups excluding carboxylic acids is 2. The topological polar surface area (TPSA) is 66.8 Å². The molecule has 0 aromatic heterocycles. The maximum Gasteiger partial charge on any atom is 0.295 e. The van der Waals surface area contributed by atoms with Gasteiger partial charge in [-0.1, -0.05) is 66.2 Å². The fourth-order valence-corrected chi connectivity index (χ4v) is 4.18. The van der Waals surface area contributed by atoms with Crippen molar-refractivity contribution in [3.8, 4) is 0 Å². The maximum atomic E-state index is 13.1. The molecule has 5 nitrogen and oxygen atoms in total. The molecule has 1 unspecified atom stereocenters. The van der Waals surface area contributed by atoms with Crippen LogP contribution in [0.25, 0.3) is 16.5 Å². The number of fused-ring (bicyclic) bond motifs is 1. The lowest BCUT2D eigenvalue weighted by Gasteiger charge is -2.25. The van der Waals surface area contributed by atoms with E-state index >= 15 is 0 Å². The molecule has 1 amide bonds. The summed E-state index contributed by atoms with van der Waals surface area (Å²) < 4.78 is 5.11. The van der Waals surface area contributed by atoms with Crippen molar-refractivity contribution >= 4 is 39.8 Å². The molecule has 1 heterocycles. The number of ketones is 1. The second-order valence-electron chi connectivity index (χ2n) is 7.42. The van der Waals surface area contributed by atoms with Crippen molar-refractivity contribution in [2.75, 3.05) is 20.3 Å². The van der Waals surface area contributed by atoms with Gasteiger partial charge in [0.05, 0.1) is 11.6 Å². The lowest BCUT2D eigenvalue weighted by Crippen LogP contribution is -2.31. The van der Waals surface area contributed by atoms with E-state index in [1.165, 1.54) is 4.90 Å². The molecule has 6 heteroatoms. The van der Waals surface area contributed by atoms with Crippen LogP contribution in [0.1, 0.15) is 23.6 Å². The van der Waals surface area contributed by atoms with Crippen LogP contribution in [0.3, 0.4) is 0 Å². The number of likely N-dealkylation sites (tertiary alicyclic amines) is 1. The second-order valence-corrected chi connectivity index (χ2v) is 7.85. The summed E-state index contributed by atoms with van der Waals surface area (Å²) in [4.78, 5) is 27.5. The van der Waals surface area contributed by atoms with Gasteiger partial charge in [0.15, 0.2) is 0 Å². The number of nitrogens with zero attached hydrogens (tertiary/aromatic N) is 1. The number of hydrogen-bond donors (Lipinski definition) is 1. The molecule has 31 heavy (non-hydrogen) atoms. The number of carbonyl (C=O) groups is 2. The van der Waals surface area contributed by atoms with E-state index in [9.17, 15) is 14.7 Å². The minimum absolute atomic E-state index is 0.0843. The van der Waals surface area contributed by atoms with Crippen LogP contribution in [0.5, 0.6) is 0 Å². The monoisotopic (exact) mass is 435 g/mol. The molecular weight excluding hydrogens is 414 g/mol. The summed E-state index contributed by atoms with van der Waals surface area (Å²) >= 11 is 6.05. The number of aliphatic hydroxyl groups is 1. The summed E-state index contributed by atoms with van der Waals surface area (Å²) in [7, 11) is 1.59. The van der Waals surface area contributed by atoms with Gasteiger partial charge in [-0.15, -0.1) is 0 Å². The Morgan fingerprint density at radius 3 is 2.48 bits per heavy atom. The predicted molar refractivity (Wildman–Crippen MR) is 121 cm³/mol. The third kappa shape index (κ3) is 3.94. The number of amides is 1. The van der Waals surface area contributed by atoms with E-state index in [0.717, 1.165) is 10.8 Å². The molecule has 158 valence electrons. The Morgan fingerprint density at radius 2 is 1.74 bits per heavy atom. The molecule has 0 saturated carbocycles. The highest BCUT2D eigenvalue weighted by atomic mass is 35.5. The van der Waals surface area contributed by atoms with E-state index in [0.29, 0.717) is 35.7 Å². The van der Waals surface area contributed by atoms with Crippen molar-refractivity contribution in [1.82, 2.24) is 4.90 Å². The van der Waals surface area contributed by atoms with Gasteiger partial charge in [0.1, 0.15) is 5.76 Å². The van der Waals surface area contributed by atoms with Crippen molar-refractivity contribution < 1.29 is 19.4 Å². The van der Waals surface area contributed by atoms with E-state index < -0.39 is 17.7 Å². The molecule has 1 aliphatic heterocycles. The van der Waals surface area contributed by atoms with E-state index in [1.54, 1.807) is 37.4 Å². The third-order valence-corrected chi connectivity index (χ3v) is 5.77. The number of methoxy groups -OCH3 is 1. The highest BCUT2D eigenvalue weighted by Gasteiger charge is 2.45. The number of benzene rings is 3. The summed E-state index contributed by atoms with van der Waals surface area (Å²) in [5, 5.41) is 13.6. The molecule has 0 radical (unpaired) electrons. The van der Waals surface area contributed by atoms with Gasteiger partial charge >= 0.3 is 0 Å². The molecule has 1 atom stereocenters. The molecule has 3 aromatic rings. The smallest absolute Gasteiger partial charge is 0.295 e. The summed E-state index contributed by atoms with van der Waals surface area (Å²) in [5.74, 6) is -1.50. The van der Waals surface area contributed by atoms with Crippen molar-refractivity contribution in [2.24, 2.45) is 0 Å². The Balaban J connectivity index is 1.89. The third-order valence-electron chi connectivity index (χ3n) is 5.52. The maximum absolute atomic E-state index is 13.1. The van der Waals surface area contributed by atoms with Crippen molar-refractivity contribution in [1.29, 1.82) is 0 Å².